The van der Waals surface area contributed by atoms with Crippen molar-refractivity contribution in [3.05, 3.63) is 35.9 Å². The third-order valence-corrected chi connectivity index (χ3v) is 4.66. The molecular weight excluding hydrogens is 238 g/mol. The third-order valence-electron chi connectivity index (χ3n) is 4.66. The summed E-state index contributed by atoms with van der Waals surface area (Å²) in [5, 5.41) is 12.5. The number of hydrogen-bond donors (Lipinski definition) is 2. The number of hydrogen-bond acceptors (Lipinski definition) is 2. The lowest BCUT2D eigenvalue weighted by Crippen LogP contribution is -2.32. The highest BCUT2D eigenvalue weighted by molar-refractivity contribution is 5.82. The van der Waals surface area contributed by atoms with Gasteiger partial charge in [0.25, 0.3) is 0 Å². The van der Waals surface area contributed by atoms with Crippen molar-refractivity contribution >= 4 is 5.91 Å². The Labute approximate surface area is 114 Å². The van der Waals surface area contributed by atoms with Crippen molar-refractivity contribution in [2.24, 2.45) is 17.8 Å². The van der Waals surface area contributed by atoms with Crippen molar-refractivity contribution in [2.75, 3.05) is 6.61 Å². The summed E-state index contributed by atoms with van der Waals surface area (Å²) in [6.45, 7) is -0.0438. The number of fused-ring (bicyclic) bond motifs is 1. The zero-order chi connectivity index (χ0) is 13.2. The Bertz CT molecular complexity index is 433. The molecule has 1 aromatic carbocycles. The van der Waals surface area contributed by atoms with E-state index < -0.39 is 0 Å². The van der Waals surface area contributed by atoms with Crippen molar-refractivity contribution in [1.82, 2.24) is 5.32 Å². The summed E-state index contributed by atoms with van der Waals surface area (Å²) in [6, 6.07) is 9.43. The molecule has 102 valence electrons. The van der Waals surface area contributed by atoms with E-state index in [0.717, 1.165) is 5.56 Å². The number of aliphatic hydroxyl groups is 1. The van der Waals surface area contributed by atoms with Crippen molar-refractivity contribution in [3.8, 4) is 0 Å². The Kier molecular flexibility index (Phi) is 3.56. The molecule has 2 N–H and O–H groups in total. The molecule has 2 aliphatic carbocycles. The molecule has 0 bridgehead atoms. The van der Waals surface area contributed by atoms with E-state index in [4.69, 9.17) is 0 Å². The second kappa shape index (κ2) is 5.33. The average Bonchev–Trinajstić information content (AvgIpc) is 3.20. The van der Waals surface area contributed by atoms with Gasteiger partial charge >= 0.3 is 0 Å². The van der Waals surface area contributed by atoms with Crippen LogP contribution in [0.4, 0.5) is 0 Å². The van der Waals surface area contributed by atoms with Crippen LogP contribution in [0, 0.1) is 17.8 Å². The van der Waals surface area contributed by atoms with Gasteiger partial charge in [-0.2, -0.15) is 0 Å². The van der Waals surface area contributed by atoms with Gasteiger partial charge in [0.2, 0.25) is 5.91 Å². The molecule has 2 fully saturated rings. The fourth-order valence-corrected chi connectivity index (χ4v) is 3.57. The maximum atomic E-state index is 12.3. The fourth-order valence-electron chi connectivity index (χ4n) is 3.57. The molecule has 0 heterocycles. The smallest absolute Gasteiger partial charge is 0.224 e. The van der Waals surface area contributed by atoms with Crippen LogP contribution >= 0.6 is 0 Å². The molecule has 2 saturated carbocycles. The van der Waals surface area contributed by atoms with Crippen molar-refractivity contribution in [2.45, 2.75) is 31.7 Å². The molecule has 0 aliphatic heterocycles. The number of rotatable bonds is 4. The van der Waals surface area contributed by atoms with Crippen LogP contribution in [0.15, 0.2) is 30.3 Å². The van der Waals surface area contributed by atoms with E-state index in [0.29, 0.717) is 11.8 Å². The molecule has 3 nitrogen and oxygen atoms in total. The second-order valence-corrected chi connectivity index (χ2v) is 5.79. The standard InChI is InChI=1S/C16H21NO2/c18-10-14(11-6-2-1-3-7-11)17-16(19)15-12-8-4-5-9-13(12)15/h1-3,6-7,12-15,18H,4-5,8-10H2,(H,17,19). The zero-order valence-corrected chi connectivity index (χ0v) is 11.1. The van der Waals surface area contributed by atoms with Gasteiger partial charge in [-0.25, -0.2) is 0 Å². The maximum absolute atomic E-state index is 12.3. The Morgan fingerprint density at radius 1 is 1.21 bits per heavy atom. The van der Waals surface area contributed by atoms with E-state index in [9.17, 15) is 9.90 Å². The summed E-state index contributed by atoms with van der Waals surface area (Å²) in [6.07, 6.45) is 4.95. The molecule has 19 heavy (non-hydrogen) atoms. The van der Waals surface area contributed by atoms with E-state index in [-0.39, 0.29) is 24.5 Å². The van der Waals surface area contributed by atoms with E-state index in [1.165, 1.54) is 25.7 Å². The Morgan fingerprint density at radius 3 is 2.42 bits per heavy atom. The van der Waals surface area contributed by atoms with Gasteiger partial charge in [-0.05, 0) is 30.2 Å². The first kappa shape index (κ1) is 12.7. The van der Waals surface area contributed by atoms with Crippen molar-refractivity contribution < 1.29 is 9.90 Å². The monoisotopic (exact) mass is 259 g/mol. The van der Waals surface area contributed by atoms with Crippen LogP contribution in [0.1, 0.15) is 37.3 Å². The van der Waals surface area contributed by atoms with Gasteiger partial charge in [-0.3, -0.25) is 4.79 Å². The fraction of sp³-hybridized carbons (Fsp3) is 0.562. The summed E-state index contributed by atoms with van der Waals surface area (Å²) in [5.41, 5.74) is 0.974. The molecule has 1 aromatic rings. The van der Waals surface area contributed by atoms with Crippen LogP contribution in [0.3, 0.4) is 0 Å². The second-order valence-electron chi connectivity index (χ2n) is 5.79. The van der Waals surface area contributed by atoms with Crippen LogP contribution in [0.5, 0.6) is 0 Å². The summed E-state index contributed by atoms with van der Waals surface area (Å²) < 4.78 is 0. The molecule has 1 amide bonds. The molecule has 0 aromatic heterocycles. The lowest BCUT2D eigenvalue weighted by Gasteiger charge is -2.16. The highest BCUT2D eigenvalue weighted by Crippen LogP contribution is 2.55. The van der Waals surface area contributed by atoms with Crippen LogP contribution in [0.25, 0.3) is 0 Å². The van der Waals surface area contributed by atoms with Crippen LogP contribution in [-0.4, -0.2) is 17.6 Å². The number of aliphatic hydroxyl groups excluding tert-OH is 1. The van der Waals surface area contributed by atoms with Crippen LogP contribution in [0.2, 0.25) is 0 Å². The summed E-state index contributed by atoms with van der Waals surface area (Å²) in [5.74, 6) is 1.58. The minimum atomic E-state index is -0.267. The predicted molar refractivity (Wildman–Crippen MR) is 73.3 cm³/mol. The quantitative estimate of drug-likeness (QED) is 0.871. The first-order valence-electron chi connectivity index (χ1n) is 7.27. The molecule has 3 rings (SSSR count). The zero-order valence-electron chi connectivity index (χ0n) is 11.1. The third kappa shape index (κ3) is 2.52. The van der Waals surface area contributed by atoms with E-state index in [2.05, 4.69) is 5.32 Å². The van der Waals surface area contributed by atoms with E-state index in [1.54, 1.807) is 0 Å². The Balaban J connectivity index is 1.62. The molecular formula is C16H21NO2. The SMILES string of the molecule is O=C(NC(CO)c1ccccc1)C1C2CCCCC21. The minimum absolute atomic E-state index is 0.0438. The van der Waals surface area contributed by atoms with Crippen molar-refractivity contribution in [3.63, 3.8) is 0 Å². The first-order chi connectivity index (χ1) is 9.31. The highest BCUT2D eigenvalue weighted by atomic mass is 16.3. The largest absolute Gasteiger partial charge is 0.394 e. The van der Waals surface area contributed by atoms with Gasteiger partial charge in [0, 0.05) is 5.92 Å². The van der Waals surface area contributed by atoms with Crippen molar-refractivity contribution in [1.29, 1.82) is 0 Å². The van der Waals surface area contributed by atoms with E-state index >= 15 is 0 Å². The number of benzene rings is 1. The average molecular weight is 259 g/mol. The van der Waals surface area contributed by atoms with Gasteiger partial charge < -0.3 is 10.4 Å². The molecule has 0 spiro atoms. The molecule has 2 aliphatic rings. The summed E-state index contributed by atoms with van der Waals surface area (Å²) >= 11 is 0. The highest BCUT2D eigenvalue weighted by Gasteiger charge is 2.54. The topological polar surface area (TPSA) is 49.3 Å². The van der Waals surface area contributed by atoms with Gasteiger partial charge in [0.1, 0.15) is 0 Å². The van der Waals surface area contributed by atoms with E-state index in [1.807, 2.05) is 30.3 Å². The number of carbonyl (C=O) groups is 1. The molecule has 3 unspecified atom stereocenters. The number of amides is 1. The summed E-state index contributed by atoms with van der Waals surface area (Å²) in [4.78, 5) is 12.3. The first-order valence-corrected chi connectivity index (χ1v) is 7.27. The van der Waals surface area contributed by atoms with Crippen LogP contribution in [-0.2, 0) is 4.79 Å². The Morgan fingerprint density at radius 2 is 1.84 bits per heavy atom. The van der Waals surface area contributed by atoms with Crippen LogP contribution < -0.4 is 5.32 Å². The van der Waals surface area contributed by atoms with Gasteiger partial charge in [-0.1, -0.05) is 43.2 Å². The molecule has 3 heteroatoms. The normalized spacial score (nSPS) is 30.3. The van der Waals surface area contributed by atoms with Gasteiger partial charge in [0.15, 0.2) is 0 Å². The predicted octanol–water partition coefficient (Wildman–Crippen LogP) is 2.27. The maximum Gasteiger partial charge on any atom is 0.224 e. The lowest BCUT2D eigenvalue weighted by atomic mass is 10.0. The summed E-state index contributed by atoms with van der Waals surface area (Å²) in [7, 11) is 0. The minimum Gasteiger partial charge on any atom is -0.394 e. The molecule has 0 radical (unpaired) electrons. The van der Waals surface area contributed by atoms with Gasteiger partial charge in [-0.15, -0.1) is 0 Å². The van der Waals surface area contributed by atoms with Gasteiger partial charge in [0.05, 0.1) is 12.6 Å². The Hall–Kier alpha value is -1.35. The number of nitrogens with one attached hydrogen (secondary N) is 1. The number of carbonyl (C=O) groups excluding carboxylic acids is 1. The molecule has 0 saturated heterocycles. The molecule has 3 atom stereocenters. The lowest BCUT2D eigenvalue weighted by molar-refractivity contribution is -0.124.